The second-order valence-electron chi connectivity index (χ2n) is 4.01. The third-order valence-electron chi connectivity index (χ3n) is 2.43. The molecule has 2 rings (SSSR count). The van der Waals surface area contributed by atoms with Crippen LogP contribution in [-0.4, -0.2) is 38.5 Å². The molecule has 0 bridgehead atoms. The van der Waals surface area contributed by atoms with Crippen molar-refractivity contribution in [2.45, 2.75) is 12.6 Å². The zero-order chi connectivity index (χ0) is 14.5. The lowest BCUT2D eigenvalue weighted by atomic mass is 10.3. The Morgan fingerprint density at radius 2 is 2.35 bits per heavy atom. The van der Waals surface area contributed by atoms with Gasteiger partial charge in [-0.05, 0) is 11.4 Å². The van der Waals surface area contributed by atoms with E-state index >= 15 is 0 Å². The van der Waals surface area contributed by atoms with Crippen LogP contribution in [0.4, 0.5) is 0 Å². The van der Waals surface area contributed by atoms with Crippen LogP contribution in [0.25, 0.3) is 0 Å². The van der Waals surface area contributed by atoms with Gasteiger partial charge in [-0.15, -0.1) is 16.4 Å². The van der Waals surface area contributed by atoms with Crippen molar-refractivity contribution in [3.63, 3.8) is 0 Å². The van der Waals surface area contributed by atoms with E-state index in [0.29, 0.717) is 0 Å². The molecule has 2 heterocycles. The van der Waals surface area contributed by atoms with Crippen LogP contribution in [0.15, 0.2) is 23.7 Å². The molecule has 8 nitrogen and oxygen atoms in total. The molecule has 0 saturated heterocycles. The van der Waals surface area contributed by atoms with Crippen molar-refractivity contribution in [1.29, 1.82) is 0 Å². The van der Waals surface area contributed by atoms with Crippen molar-refractivity contribution in [2.24, 2.45) is 5.73 Å². The fourth-order valence-electron chi connectivity index (χ4n) is 1.50. The summed E-state index contributed by atoms with van der Waals surface area (Å²) in [6, 6.07) is 3.65. The molecule has 2 amide bonds. The molecule has 4 N–H and O–H groups in total. The van der Waals surface area contributed by atoms with Gasteiger partial charge in [0.1, 0.15) is 6.10 Å². The van der Waals surface area contributed by atoms with E-state index < -0.39 is 17.9 Å². The maximum absolute atomic E-state index is 11.6. The number of amides is 2. The van der Waals surface area contributed by atoms with Crippen molar-refractivity contribution in [2.75, 3.05) is 6.54 Å². The second kappa shape index (κ2) is 6.26. The molecule has 0 aromatic carbocycles. The predicted molar refractivity (Wildman–Crippen MR) is 70.8 cm³/mol. The minimum absolute atomic E-state index is 0.0598. The summed E-state index contributed by atoms with van der Waals surface area (Å²) >= 11 is 1.43. The van der Waals surface area contributed by atoms with Crippen LogP contribution in [0.5, 0.6) is 0 Å². The normalized spacial score (nSPS) is 12.1. The highest BCUT2D eigenvalue weighted by Crippen LogP contribution is 2.19. The fourth-order valence-corrected chi connectivity index (χ4v) is 2.20. The Labute approximate surface area is 118 Å². The summed E-state index contributed by atoms with van der Waals surface area (Å²) in [7, 11) is 0. The number of nitrogens with two attached hydrogens (primary N) is 1. The zero-order valence-electron chi connectivity index (χ0n) is 10.4. The Morgan fingerprint density at radius 3 is 3.00 bits per heavy atom. The molecular weight excluding hydrogens is 282 g/mol. The van der Waals surface area contributed by atoms with Crippen molar-refractivity contribution in [3.05, 3.63) is 34.3 Å². The number of hydrogen-bond acceptors (Lipinski definition) is 6. The summed E-state index contributed by atoms with van der Waals surface area (Å²) in [5, 5.41) is 21.5. The van der Waals surface area contributed by atoms with Crippen LogP contribution in [0.1, 0.15) is 21.5 Å². The molecule has 2 aromatic heterocycles. The molecule has 1 atom stereocenters. The van der Waals surface area contributed by atoms with Gasteiger partial charge in [0.25, 0.3) is 5.91 Å². The van der Waals surface area contributed by atoms with Gasteiger partial charge in [0.05, 0.1) is 19.3 Å². The Morgan fingerprint density at radius 1 is 1.55 bits per heavy atom. The average molecular weight is 295 g/mol. The first-order valence-corrected chi connectivity index (χ1v) is 6.62. The predicted octanol–water partition coefficient (Wildman–Crippen LogP) is -0.712. The number of nitrogens with zero attached hydrogens (tertiary/aromatic N) is 3. The summed E-state index contributed by atoms with van der Waals surface area (Å²) < 4.78 is 1.36. The molecule has 2 aromatic rings. The van der Waals surface area contributed by atoms with Crippen LogP contribution in [0.3, 0.4) is 0 Å². The van der Waals surface area contributed by atoms with Gasteiger partial charge in [0, 0.05) is 4.88 Å². The lowest BCUT2D eigenvalue weighted by Crippen LogP contribution is -2.33. The highest BCUT2D eigenvalue weighted by atomic mass is 32.1. The minimum Gasteiger partial charge on any atom is -0.386 e. The summed E-state index contributed by atoms with van der Waals surface area (Å²) in [6.45, 7) is -0.0693. The molecule has 106 valence electrons. The molecule has 0 aliphatic heterocycles. The van der Waals surface area contributed by atoms with Crippen LogP contribution in [0, 0.1) is 0 Å². The van der Waals surface area contributed by atoms with Crippen molar-refractivity contribution in [1.82, 2.24) is 20.3 Å². The molecule has 0 saturated carbocycles. The van der Waals surface area contributed by atoms with Crippen LogP contribution in [0.2, 0.25) is 0 Å². The van der Waals surface area contributed by atoms with Gasteiger partial charge in [-0.3, -0.25) is 9.59 Å². The Hall–Kier alpha value is -2.26. The monoisotopic (exact) mass is 295 g/mol. The van der Waals surface area contributed by atoms with Gasteiger partial charge in [-0.1, -0.05) is 11.3 Å². The largest absolute Gasteiger partial charge is 0.386 e. The first-order valence-electron chi connectivity index (χ1n) is 5.74. The molecule has 0 radical (unpaired) electrons. The SMILES string of the molecule is NC(=O)CNC(=O)c1cn(CC(O)c2cccs2)nn1. The van der Waals surface area contributed by atoms with E-state index in [0.717, 1.165) is 4.88 Å². The minimum atomic E-state index is -0.710. The van der Waals surface area contributed by atoms with Gasteiger partial charge >= 0.3 is 0 Å². The molecule has 0 aliphatic rings. The molecule has 20 heavy (non-hydrogen) atoms. The number of aliphatic hydroxyl groups is 1. The average Bonchev–Trinajstić information content (AvgIpc) is 3.06. The van der Waals surface area contributed by atoms with E-state index in [2.05, 4.69) is 15.6 Å². The molecule has 9 heteroatoms. The van der Waals surface area contributed by atoms with E-state index in [4.69, 9.17) is 5.73 Å². The van der Waals surface area contributed by atoms with E-state index in [-0.39, 0.29) is 18.8 Å². The highest BCUT2D eigenvalue weighted by Gasteiger charge is 2.14. The lowest BCUT2D eigenvalue weighted by molar-refractivity contribution is -0.117. The Bertz CT molecular complexity index is 595. The summed E-state index contributed by atoms with van der Waals surface area (Å²) in [5.74, 6) is -1.18. The van der Waals surface area contributed by atoms with Gasteiger partial charge in [0.15, 0.2) is 5.69 Å². The van der Waals surface area contributed by atoms with Gasteiger partial charge < -0.3 is 16.2 Å². The maximum atomic E-state index is 11.6. The number of carbonyl (C=O) groups excluding carboxylic acids is 2. The summed E-state index contributed by atoms with van der Waals surface area (Å²) in [4.78, 5) is 22.9. The zero-order valence-corrected chi connectivity index (χ0v) is 11.2. The summed E-state index contributed by atoms with van der Waals surface area (Å²) in [5.41, 5.74) is 4.98. The summed E-state index contributed by atoms with van der Waals surface area (Å²) in [6.07, 6.45) is 0.686. The quantitative estimate of drug-likeness (QED) is 0.649. The van der Waals surface area contributed by atoms with E-state index in [1.54, 1.807) is 0 Å². The van der Waals surface area contributed by atoms with Gasteiger partial charge in [0.2, 0.25) is 5.91 Å². The number of carbonyl (C=O) groups is 2. The molecule has 1 unspecified atom stereocenters. The van der Waals surface area contributed by atoms with Crippen molar-refractivity contribution >= 4 is 23.2 Å². The molecule has 0 fully saturated rings. The number of nitrogens with one attached hydrogen (secondary N) is 1. The molecular formula is C11H13N5O3S. The van der Waals surface area contributed by atoms with Crippen LogP contribution in [-0.2, 0) is 11.3 Å². The third-order valence-corrected chi connectivity index (χ3v) is 3.40. The van der Waals surface area contributed by atoms with Crippen LogP contribution < -0.4 is 11.1 Å². The number of rotatable bonds is 6. The number of thiophene rings is 1. The van der Waals surface area contributed by atoms with Crippen molar-refractivity contribution < 1.29 is 14.7 Å². The number of hydrogen-bond donors (Lipinski definition) is 3. The first-order chi connectivity index (χ1) is 9.56. The molecule has 0 spiro atoms. The smallest absolute Gasteiger partial charge is 0.273 e. The fraction of sp³-hybridized carbons (Fsp3) is 0.273. The standard InChI is InChI=1S/C11H13N5O3S/c12-10(18)4-13-11(19)7-5-16(15-14-7)6-8(17)9-2-1-3-20-9/h1-3,5,8,17H,4,6H2,(H2,12,18)(H,13,19). The first kappa shape index (κ1) is 14.2. The highest BCUT2D eigenvalue weighted by molar-refractivity contribution is 7.10. The van der Waals surface area contributed by atoms with Gasteiger partial charge in [-0.25, -0.2) is 4.68 Å². The second-order valence-corrected chi connectivity index (χ2v) is 4.99. The van der Waals surface area contributed by atoms with E-state index in [9.17, 15) is 14.7 Å². The Kier molecular flexibility index (Phi) is 4.43. The van der Waals surface area contributed by atoms with E-state index in [1.807, 2.05) is 17.5 Å². The maximum Gasteiger partial charge on any atom is 0.273 e. The van der Waals surface area contributed by atoms with Gasteiger partial charge in [-0.2, -0.15) is 0 Å². The number of aliphatic hydroxyl groups excluding tert-OH is 1. The van der Waals surface area contributed by atoms with Crippen molar-refractivity contribution in [3.8, 4) is 0 Å². The van der Waals surface area contributed by atoms with E-state index in [1.165, 1.54) is 22.2 Å². The topological polar surface area (TPSA) is 123 Å². The lowest BCUT2D eigenvalue weighted by Gasteiger charge is -2.07. The number of primary amides is 1. The number of aromatic nitrogens is 3. The molecule has 0 aliphatic carbocycles. The Balaban J connectivity index is 1.95. The third kappa shape index (κ3) is 3.62. The van der Waals surface area contributed by atoms with Crippen LogP contribution >= 0.6 is 11.3 Å².